The predicted molar refractivity (Wildman–Crippen MR) is 105 cm³/mol. The summed E-state index contributed by atoms with van der Waals surface area (Å²) in [5.74, 6) is -0.611. The Bertz CT molecular complexity index is 920. The van der Waals surface area contributed by atoms with Crippen molar-refractivity contribution in [2.24, 2.45) is 0 Å². The third-order valence-corrected chi connectivity index (χ3v) is 4.18. The quantitative estimate of drug-likeness (QED) is 0.406. The fraction of sp³-hybridized carbons (Fsp3) is 0.105. The molecule has 0 heterocycles. The first-order chi connectivity index (χ1) is 12.9. The fourth-order valence-corrected chi connectivity index (χ4v) is 2.60. The van der Waals surface area contributed by atoms with E-state index in [-0.39, 0.29) is 12.2 Å². The van der Waals surface area contributed by atoms with Crippen molar-refractivity contribution >= 4 is 51.2 Å². The van der Waals surface area contributed by atoms with Gasteiger partial charge in [0, 0.05) is 10.7 Å². The van der Waals surface area contributed by atoms with Gasteiger partial charge in [0.25, 0.3) is 5.91 Å². The molecule has 0 atom stereocenters. The molecule has 0 aromatic heterocycles. The second-order valence-electron chi connectivity index (χ2n) is 5.19. The number of rotatable bonds is 6. The monoisotopic (exact) mass is 448 g/mol. The van der Waals surface area contributed by atoms with Crippen molar-refractivity contribution in [1.29, 1.82) is 5.26 Å². The minimum absolute atomic E-state index is 0.0694. The number of anilines is 1. The summed E-state index contributed by atoms with van der Waals surface area (Å²) in [6.07, 6.45) is 1.44. The van der Waals surface area contributed by atoms with Crippen LogP contribution in [0.1, 0.15) is 5.56 Å². The van der Waals surface area contributed by atoms with Gasteiger partial charge < -0.3 is 14.8 Å². The summed E-state index contributed by atoms with van der Waals surface area (Å²) >= 11 is 9.13. The number of hydrogen-bond acceptors (Lipinski definition) is 5. The standard InChI is InChI=1S/C19H14BrClN2O4/c1-26-18(24)11-27-17-7-2-12(9-16(17)20)8-13(10-22)19(25)23-15-5-3-14(21)4-6-15/h2-9H,11H2,1H3,(H,23,25)/b13-8-. The molecule has 1 N–H and O–H groups in total. The number of nitrogens with one attached hydrogen (secondary N) is 1. The van der Waals surface area contributed by atoms with Gasteiger partial charge in [0.1, 0.15) is 17.4 Å². The summed E-state index contributed by atoms with van der Waals surface area (Å²) in [7, 11) is 1.27. The summed E-state index contributed by atoms with van der Waals surface area (Å²) in [5, 5.41) is 12.5. The zero-order valence-corrected chi connectivity index (χ0v) is 16.5. The third kappa shape index (κ3) is 6.13. The van der Waals surface area contributed by atoms with Crippen molar-refractivity contribution in [3.8, 4) is 11.8 Å². The summed E-state index contributed by atoms with van der Waals surface area (Å²) in [4.78, 5) is 23.4. The van der Waals surface area contributed by atoms with Gasteiger partial charge in [-0.3, -0.25) is 4.79 Å². The number of ether oxygens (including phenoxy) is 2. The molecule has 0 saturated heterocycles. The SMILES string of the molecule is COC(=O)COc1ccc(/C=C(/C#N)C(=O)Nc2ccc(Cl)cc2)cc1Br. The third-order valence-electron chi connectivity index (χ3n) is 3.31. The summed E-state index contributed by atoms with van der Waals surface area (Å²) < 4.78 is 10.4. The van der Waals surface area contributed by atoms with E-state index in [1.165, 1.54) is 13.2 Å². The highest BCUT2D eigenvalue weighted by Crippen LogP contribution is 2.27. The van der Waals surface area contributed by atoms with Crippen LogP contribution in [-0.4, -0.2) is 25.6 Å². The van der Waals surface area contributed by atoms with Crippen molar-refractivity contribution in [2.45, 2.75) is 0 Å². The average molecular weight is 450 g/mol. The zero-order chi connectivity index (χ0) is 19.8. The van der Waals surface area contributed by atoms with Crippen LogP contribution in [-0.2, 0) is 14.3 Å². The number of benzene rings is 2. The molecule has 0 aliphatic heterocycles. The number of amides is 1. The van der Waals surface area contributed by atoms with Gasteiger partial charge in [0.15, 0.2) is 6.61 Å². The van der Waals surface area contributed by atoms with Crippen LogP contribution in [0, 0.1) is 11.3 Å². The number of halogens is 2. The van der Waals surface area contributed by atoms with Crippen LogP contribution < -0.4 is 10.1 Å². The number of methoxy groups -OCH3 is 1. The molecular formula is C19H14BrClN2O4. The predicted octanol–water partition coefficient (Wildman–Crippen LogP) is 4.20. The lowest BCUT2D eigenvalue weighted by Gasteiger charge is -2.08. The molecule has 2 aromatic rings. The van der Waals surface area contributed by atoms with E-state index in [1.807, 2.05) is 6.07 Å². The van der Waals surface area contributed by atoms with Crippen LogP contribution in [0.3, 0.4) is 0 Å². The van der Waals surface area contributed by atoms with Gasteiger partial charge in [0.2, 0.25) is 0 Å². The molecule has 0 aliphatic rings. The van der Waals surface area contributed by atoms with Gasteiger partial charge in [-0.15, -0.1) is 0 Å². The Morgan fingerprint density at radius 3 is 2.56 bits per heavy atom. The number of carbonyl (C=O) groups is 2. The summed E-state index contributed by atoms with van der Waals surface area (Å²) in [5.41, 5.74) is 1.06. The number of nitrogens with zero attached hydrogens (tertiary/aromatic N) is 1. The maximum atomic E-state index is 12.3. The molecule has 138 valence electrons. The summed E-state index contributed by atoms with van der Waals surface area (Å²) in [6, 6.07) is 13.4. The Hall–Kier alpha value is -2.82. The Balaban J connectivity index is 2.13. The molecule has 0 unspecified atom stereocenters. The highest BCUT2D eigenvalue weighted by Gasteiger charge is 2.11. The van der Waals surface area contributed by atoms with Gasteiger partial charge in [-0.1, -0.05) is 17.7 Å². The van der Waals surface area contributed by atoms with Crippen LogP contribution >= 0.6 is 27.5 Å². The van der Waals surface area contributed by atoms with Crippen molar-refractivity contribution in [2.75, 3.05) is 19.0 Å². The highest BCUT2D eigenvalue weighted by molar-refractivity contribution is 9.10. The van der Waals surface area contributed by atoms with Crippen LogP contribution in [0.2, 0.25) is 5.02 Å². The van der Waals surface area contributed by atoms with Crippen molar-refractivity contribution in [1.82, 2.24) is 0 Å². The minimum atomic E-state index is -0.540. The molecule has 0 radical (unpaired) electrons. The topological polar surface area (TPSA) is 88.4 Å². The smallest absolute Gasteiger partial charge is 0.343 e. The molecule has 0 saturated carbocycles. The second kappa shape index (κ2) is 9.76. The lowest BCUT2D eigenvalue weighted by Crippen LogP contribution is -2.13. The molecule has 27 heavy (non-hydrogen) atoms. The van der Waals surface area contributed by atoms with Crippen molar-refractivity contribution < 1.29 is 19.1 Å². The fourth-order valence-electron chi connectivity index (χ4n) is 1.97. The van der Waals surface area contributed by atoms with Crippen molar-refractivity contribution in [3.63, 3.8) is 0 Å². The van der Waals surface area contributed by atoms with E-state index in [9.17, 15) is 14.9 Å². The van der Waals surface area contributed by atoms with Crippen LogP contribution in [0.25, 0.3) is 6.08 Å². The van der Waals surface area contributed by atoms with Gasteiger partial charge in [-0.2, -0.15) is 5.26 Å². The molecule has 0 fully saturated rings. The molecule has 0 bridgehead atoms. The molecule has 1 amide bonds. The van der Waals surface area contributed by atoms with E-state index >= 15 is 0 Å². The van der Waals surface area contributed by atoms with E-state index in [2.05, 4.69) is 26.0 Å². The van der Waals surface area contributed by atoms with Gasteiger partial charge >= 0.3 is 5.97 Å². The highest BCUT2D eigenvalue weighted by atomic mass is 79.9. The molecule has 2 aromatic carbocycles. The first-order valence-electron chi connectivity index (χ1n) is 7.61. The lowest BCUT2D eigenvalue weighted by molar-refractivity contribution is -0.142. The first kappa shape index (κ1) is 20.5. The van der Waals surface area contributed by atoms with E-state index in [4.69, 9.17) is 16.3 Å². The lowest BCUT2D eigenvalue weighted by atomic mass is 10.1. The molecule has 0 aliphatic carbocycles. The molecular weight excluding hydrogens is 436 g/mol. The largest absolute Gasteiger partial charge is 0.481 e. The maximum Gasteiger partial charge on any atom is 0.343 e. The first-order valence-corrected chi connectivity index (χ1v) is 8.78. The van der Waals surface area contributed by atoms with Gasteiger partial charge in [0.05, 0.1) is 11.6 Å². The minimum Gasteiger partial charge on any atom is -0.481 e. The Morgan fingerprint density at radius 1 is 1.26 bits per heavy atom. The van der Waals surface area contributed by atoms with E-state index in [0.717, 1.165) is 0 Å². The Labute approximate surface area is 169 Å². The zero-order valence-electron chi connectivity index (χ0n) is 14.2. The van der Waals surface area contributed by atoms with E-state index < -0.39 is 11.9 Å². The number of hydrogen-bond donors (Lipinski definition) is 1. The van der Waals surface area contributed by atoms with Crippen molar-refractivity contribution in [3.05, 3.63) is 63.1 Å². The number of carbonyl (C=O) groups excluding carboxylic acids is 2. The van der Waals surface area contributed by atoms with Crippen LogP contribution in [0.4, 0.5) is 5.69 Å². The molecule has 8 heteroatoms. The van der Waals surface area contributed by atoms with E-state index in [0.29, 0.717) is 26.5 Å². The normalized spacial score (nSPS) is 10.7. The molecule has 6 nitrogen and oxygen atoms in total. The number of esters is 1. The maximum absolute atomic E-state index is 12.3. The number of nitriles is 1. The molecule has 2 rings (SSSR count). The average Bonchev–Trinajstić information content (AvgIpc) is 2.66. The second-order valence-corrected chi connectivity index (χ2v) is 6.48. The molecule has 0 spiro atoms. The Kier molecular flexibility index (Phi) is 7.41. The Morgan fingerprint density at radius 2 is 1.96 bits per heavy atom. The van der Waals surface area contributed by atoms with Gasteiger partial charge in [-0.25, -0.2) is 4.79 Å². The van der Waals surface area contributed by atoms with E-state index in [1.54, 1.807) is 42.5 Å². The van der Waals surface area contributed by atoms with Crippen LogP contribution in [0.5, 0.6) is 5.75 Å². The summed E-state index contributed by atoms with van der Waals surface area (Å²) in [6.45, 7) is -0.225. The van der Waals surface area contributed by atoms with Gasteiger partial charge in [-0.05, 0) is 64.0 Å². The van der Waals surface area contributed by atoms with Crippen LogP contribution in [0.15, 0.2) is 52.5 Å².